The molecular formula is C48H49IrN2O2-. The number of ketones is 1. The summed E-state index contributed by atoms with van der Waals surface area (Å²) < 4.78 is 0. The van der Waals surface area contributed by atoms with Crippen LogP contribution in [0.25, 0.3) is 44.1 Å². The van der Waals surface area contributed by atoms with Crippen molar-refractivity contribution in [1.82, 2.24) is 9.97 Å². The molecule has 53 heavy (non-hydrogen) atoms. The van der Waals surface area contributed by atoms with Crippen molar-refractivity contribution in [3.63, 3.8) is 0 Å². The van der Waals surface area contributed by atoms with Gasteiger partial charge in [0.1, 0.15) is 0 Å². The molecule has 1 spiro atoms. The SMILES string of the molecule is CC(C)(C)c1cc2c3c(nccc3c1)-c1[c-]nc3ccccc3c1C21c2ccccc2-c2ccccc21.CCC(CC)C(=O)/C=C(\O)C(CC)CC.[Ir]. The van der Waals surface area contributed by atoms with E-state index in [4.69, 9.17) is 9.97 Å². The number of aliphatic hydroxyl groups excluding tert-OH is 1. The fraction of sp³-hybridized carbons (Fsp3) is 0.312. The molecule has 2 aromatic heterocycles. The third-order valence-electron chi connectivity index (χ3n) is 11.5. The number of aliphatic hydroxyl groups is 1. The van der Waals surface area contributed by atoms with Crippen molar-refractivity contribution in [2.24, 2.45) is 11.8 Å². The van der Waals surface area contributed by atoms with Gasteiger partial charge in [-0.1, -0.05) is 150 Å². The molecule has 4 aromatic carbocycles. The van der Waals surface area contributed by atoms with Gasteiger partial charge in [-0.15, -0.1) is 0 Å². The van der Waals surface area contributed by atoms with E-state index in [9.17, 15) is 9.90 Å². The van der Waals surface area contributed by atoms with Crippen molar-refractivity contribution in [1.29, 1.82) is 0 Å². The van der Waals surface area contributed by atoms with Gasteiger partial charge in [0.05, 0.1) is 5.76 Å². The maximum absolute atomic E-state index is 11.7. The summed E-state index contributed by atoms with van der Waals surface area (Å²) in [6.45, 7) is 15.0. The molecule has 0 fully saturated rings. The number of hydrogen-bond donors (Lipinski definition) is 1. The van der Waals surface area contributed by atoms with E-state index in [-0.39, 0.29) is 48.9 Å². The molecule has 0 unspecified atom stereocenters. The fourth-order valence-corrected chi connectivity index (χ4v) is 8.59. The molecule has 1 N–H and O–H groups in total. The average molecular weight is 878 g/mol. The number of carbonyl (C=O) groups excluding carboxylic acids is 1. The molecule has 0 aliphatic heterocycles. The Bertz CT molecular complexity index is 2300. The molecule has 0 saturated carbocycles. The quantitative estimate of drug-likeness (QED) is 0.0984. The Balaban J connectivity index is 0.000000258. The molecule has 2 heterocycles. The summed E-state index contributed by atoms with van der Waals surface area (Å²) in [5.41, 5.74) is 11.6. The summed E-state index contributed by atoms with van der Waals surface area (Å²) in [5, 5.41) is 13.4. The standard InChI is InChI=1S/C35H25N2.C13H24O2.Ir/c1-34(2,3)22-18-21-16-17-36-33-26-20-37-30-15-9-6-12-25(30)32(26)35(29(19-22)31(21)33)27-13-7-4-10-23(27)24-11-5-8-14-28(24)35;1-5-10(6-2)12(14)9-13(15)11(7-3)8-4;/h4-19H,1-3H3;9-11,14H,5-8H2,1-4H3;/q-1;;/b;12-9-;. The first kappa shape index (κ1) is 38.3. The molecule has 0 bridgehead atoms. The molecular weight excluding hydrogens is 829 g/mol. The number of allylic oxidation sites excluding steroid dienone is 2. The van der Waals surface area contributed by atoms with Gasteiger partial charge >= 0.3 is 0 Å². The maximum Gasteiger partial charge on any atom is 0.162 e. The summed E-state index contributed by atoms with van der Waals surface area (Å²) in [7, 11) is 0. The minimum absolute atomic E-state index is 0. The van der Waals surface area contributed by atoms with Gasteiger partial charge in [0.2, 0.25) is 0 Å². The molecule has 0 saturated heterocycles. The third-order valence-corrected chi connectivity index (χ3v) is 11.5. The third kappa shape index (κ3) is 6.26. The zero-order valence-electron chi connectivity index (χ0n) is 31.9. The van der Waals surface area contributed by atoms with Gasteiger partial charge in [0, 0.05) is 49.6 Å². The zero-order chi connectivity index (χ0) is 36.8. The Kier molecular flexibility index (Phi) is 10.9. The predicted molar refractivity (Wildman–Crippen MR) is 215 cm³/mol. The number of pyridine rings is 2. The molecule has 0 atom stereocenters. The molecule has 273 valence electrons. The number of para-hydroxylation sites is 1. The average Bonchev–Trinajstić information content (AvgIpc) is 3.44. The largest absolute Gasteiger partial charge is 0.512 e. The summed E-state index contributed by atoms with van der Waals surface area (Å²) in [6.07, 6.45) is 10.3. The summed E-state index contributed by atoms with van der Waals surface area (Å²) in [4.78, 5) is 21.5. The van der Waals surface area contributed by atoms with Crippen LogP contribution in [0.4, 0.5) is 0 Å². The molecule has 4 nitrogen and oxygen atoms in total. The van der Waals surface area contributed by atoms with Crippen LogP contribution in [-0.2, 0) is 35.7 Å². The van der Waals surface area contributed by atoms with Crippen LogP contribution < -0.4 is 0 Å². The van der Waals surface area contributed by atoms with E-state index in [1.54, 1.807) is 0 Å². The topological polar surface area (TPSA) is 63.1 Å². The van der Waals surface area contributed by atoms with Crippen molar-refractivity contribution in [2.75, 3.05) is 0 Å². The van der Waals surface area contributed by atoms with E-state index >= 15 is 0 Å². The number of hydrogen-bond acceptors (Lipinski definition) is 4. The second-order valence-corrected chi connectivity index (χ2v) is 15.4. The monoisotopic (exact) mass is 878 g/mol. The molecule has 0 amide bonds. The predicted octanol–water partition coefficient (Wildman–Crippen LogP) is 12.1. The van der Waals surface area contributed by atoms with Gasteiger partial charge in [0.25, 0.3) is 0 Å². The van der Waals surface area contributed by atoms with Crippen molar-refractivity contribution < 1.29 is 30.0 Å². The normalized spacial score (nSPS) is 13.7. The van der Waals surface area contributed by atoms with Crippen LogP contribution in [0.5, 0.6) is 0 Å². The van der Waals surface area contributed by atoms with Crippen LogP contribution in [0, 0.1) is 18.0 Å². The second kappa shape index (κ2) is 15.1. The molecule has 2 aliphatic rings. The Morgan fingerprint density at radius 3 is 1.98 bits per heavy atom. The number of benzene rings is 4. The van der Waals surface area contributed by atoms with Crippen LogP contribution in [0.3, 0.4) is 0 Å². The van der Waals surface area contributed by atoms with E-state index in [2.05, 4.69) is 118 Å². The molecule has 5 heteroatoms. The van der Waals surface area contributed by atoms with Gasteiger partial charge in [-0.3, -0.25) is 4.79 Å². The van der Waals surface area contributed by atoms with E-state index in [0.717, 1.165) is 47.8 Å². The smallest absolute Gasteiger partial charge is 0.162 e. The van der Waals surface area contributed by atoms with Gasteiger partial charge in [-0.25, -0.2) is 0 Å². The van der Waals surface area contributed by atoms with E-state index in [1.807, 2.05) is 33.9 Å². The Morgan fingerprint density at radius 1 is 0.792 bits per heavy atom. The minimum Gasteiger partial charge on any atom is -0.512 e. The van der Waals surface area contributed by atoms with Gasteiger partial charge in [0.15, 0.2) is 5.78 Å². The number of carbonyl (C=O) groups is 1. The minimum atomic E-state index is -0.489. The maximum atomic E-state index is 11.7. The Hall–Kier alpha value is -4.44. The number of nitrogens with zero attached hydrogens (tertiary/aromatic N) is 2. The zero-order valence-corrected chi connectivity index (χ0v) is 34.3. The van der Waals surface area contributed by atoms with Crippen LogP contribution in [0.2, 0.25) is 0 Å². The molecule has 2 aliphatic carbocycles. The molecule has 6 aromatic rings. The van der Waals surface area contributed by atoms with Crippen molar-refractivity contribution in [3.8, 4) is 22.4 Å². The number of aromatic nitrogens is 2. The van der Waals surface area contributed by atoms with Crippen molar-refractivity contribution in [2.45, 2.75) is 85.0 Å². The fourth-order valence-electron chi connectivity index (χ4n) is 8.59. The summed E-state index contributed by atoms with van der Waals surface area (Å²) in [6, 6.07) is 33.4. The van der Waals surface area contributed by atoms with Crippen molar-refractivity contribution >= 4 is 27.5 Å². The first-order chi connectivity index (χ1) is 25.1. The molecule has 1 radical (unpaired) electrons. The van der Waals surface area contributed by atoms with Crippen LogP contribution in [-0.4, -0.2) is 20.9 Å². The van der Waals surface area contributed by atoms with Gasteiger partial charge in [-0.05, 0) is 98.7 Å². The molecule has 8 rings (SSSR count). The van der Waals surface area contributed by atoms with Crippen LogP contribution >= 0.6 is 0 Å². The second-order valence-electron chi connectivity index (χ2n) is 15.4. The van der Waals surface area contributed by atoms with Gasteiger partial charge in [-0.2, -0.15) is 0 Å². The first-order valence-corrected chi connectivity index (χ1v) is 19.0. The van der Waals surface area contributed by atoms with Crippen LogP contribution in [0.1, 0.15) is 102 Å². The van der Waals surface area contributed by atoms with Crippen molar-refractivity contribution in [3.05, 3.63) is 143 Å². The Morgan fingerprint density at radius 2 is 1.38 bits per heavy atom. The van der Waals surface area contributed by atoms with E-state index in [1.165, 1.54) is 55.8 Å². The number of fused-ring (bicyclic) bond motifs is 11. The number of rotatable bonds is 7. The van der Waals surface area contributed by atoms with Gasteiger partial charge < -0.3 is 15.1 Å². The summed E-state index contributed by atoms with van der Waals surface area (Å²) in [5.74, 6) is 0.547. The Labute approximate surface area is 328 Å². The van der Waals surface area contributed by atoms with E-state index in [0.29, 0.717) is 0 Å². The van der Waals surface area contributed by atoms with E-state index < -0.39 is 5.41 Å². The van der Waals surface area contributed by atoms with Crippen LogP contribution in [0.15, 0.2) is 109 Å². The summed E-state index contributed by atoms with van der Waals surface area (Å²) >= 11 is 0. The first-order valence-electron chi connectivity index (χ1n) is 19.0.